The Hall–Kier alpha value is -1.83. The van der Waals surface area contributed by atoms with E-state index >= 15 is 0 Å². The van der Waals surface area contributed by atoms with Gasteiger partial charge in [-0.05, 0) is 68.6 Å². The van der Waals surface area contributed by atoms with E-state index in [1.54, 1.807) is 0 Å². The van der Waals surface area contributed by atoms with Crippen LogP contribution in [-0.2, 0) is 14.4 Å². The van der Waals surface area contributed by atoms with E-state index < -0.39 is 0 Å². The number of carbonyl (C=O) groups is 2. The molecule has 4 unspecified atom stereocenters. The van der Waals surface area contributed by atoms with E-state index in [9.17, 15) is 9.59 Å². The lowest BCUT2D eigenvalue weighted by Crippen LogP contribution is -2.34. The summed E-state index contributed by atoms with van der Waals surface area (Å²) in [6, 6.07) is 0. The number of hydrogen-bond donors (Lipinski definition) is 3. The summed E-state index contributed by atoms with van der Waals surface area (Å²) in [6.07, 6.45) is 13.1. The predicted octanol–water partition coefficient (Wildman–Crippen LogP) is 3.81. The van der Waals surface area contributed by atoms with E-state index in [0.29, 0.717) is 36.8 Å². The lowest BCUT2D eigenvalue weighted by molar-refractivity contribution is -0.148. The molecule has 32 heavy (non-hydrogen) atoms. The van der Waals surface area contributed by atoms with Gasteiger partial charge in [-0.25, -0.2) is 4.79 Å². The summed E-state index contributed by atoms with van der Waals surface area (Å²) in [6.45, 7) is 7.24. The van der Waals surface area contributed by atoms with Crippen molar-refractivity contribution in [2.75, 3.05) is 32.8 Å². The molecule has 2 aliphatic carbocycles. The Morgan fingerprint density at radius 3 is 2.34 bits per heavy atom. The summed E-state index contributed by atoms with van der Waals surface area (Å²) in [5.41, 5.74) is 2.79. The van der Waals surface area contributed by atoms with Crippen LogP contribution in [0.3, 0.4) is 0 Å². The van der Waals surface area contributed by atoms with Gasteiger partial charge in [-0.15, -0.1) is 0 Å². The zero-order valence-electron chi connectivity index (χ0n) is 20.1. The van der Waals surface area contributed by atoms with E-state index in [0.717, 1.165) is 45.3 Å². The van der Waals surface area contributed by atoms with Crippen LogP contribution in [0.1, 0.15) is 78.1 Å². The number of hydrogen-bond acceptors (Lipinski definition) is 6. The molecule has 8 nitrogen and oxygen atoms in total. The molecule has 2 fully saturated rings. The third kappa shape index (κ3) is 11.7. The van der Waals surface area contributed by atoms with Gasteiger partial charge >= 0.3 is 12.1 Å². The average molecular weight is 453 g/mol. The van der Waals surface area contributed by atoms with Gasteiger partial charge in [0.2, 0.25) is 0 Å². The lowest BCUT2D eigenvalue weighted by atomic mass is 9.81. The fourth-order valence-corrected chi connectivity index (χ4v) is 4.86. The standard InChI is InChI=1S/C24H44N4O4/c1-3-4-11-31-24(30)27-16-22-9-5-7-20(12-22)14-25-18-26-15-21-8-6-10-23(13-21)17-28-32-19(2)29/h18,20-23,28H,3-17H2,1-2H3,(H,25,26)(H,27,30). The molecule has 0 bridgehead atoms. The van der Waals surface area contributed by atoms with Crippen LogP contribution in [0, 0.1) is 23.7 Å². The highest BCUT2D eigenvalue weighted by Crippen LogP contribution is 2.29. The van der Waals surface area contributed by atoms with E-state index in [-0.39, 0.29) is 12.1 Å². The number of rotatable bonds is 13. The minimum absolute atomic E-state index is 0.280. The van der Waals surface area contributed by atoms with E-state index in [4.69, 9.17) is 9.57 Å². The fourth-order valence-electron chi connectivity index (χ4n) is 4.86. The van der Waals surface area contributed by atoms with Gasteiger partial charge in [-0.3, -0.25) is 9.79 Å². The molecule has 0 radical (unpaired) electrons. The maximum absolute atomic E-state index is 11.7. The average Bonchev–Trinajstić information content (AvgIpc) is 2.78. The lowest BCUT2D eigenvalue weighted by Gasteiger charge is -2.29. The maximum atomic E-state index is 11.7. The van der Waals surface area contributed by atoms with Gasteiger partial charge in [-0.1, -0.05) is 26.2 Å². The van der Waals surface area contributed by atoms with Crippen molar-refractivity contribution in [3.8, 4) is 0 Å². The fraction of sp³-hybridized carbons (Fsp3) is 0.875. The molecule has 0 aliphatic heterocycles. The molecule has 2 saturated carbocycles. The first-order valence-electron chi connectivity index (χ1n) is 12.6. The molecule has 3 N–H and O–H groups in total. The highest BCUT2D eigenvalue weighted by atomic mass is 16.7. The minimum atomic E-state index is -0.293. The Labute approximate surface area is 193 Å². The molecule has 0 saturated heterocycles. The van der Waals surface area contributed by atoms with Crippen LogP contribution >= 0.6 is 0 Å². The van der Waals surface area contributed by atoms with Crippen molar-refractivity contribution < 1.29 is 19.2 Å². The third-order valence-electron chi connectivity index (χ3n) is 6.59. The Balaban J connectivity index is 1.55. The number of amides is 1. The van der Waals surface area contributed by atoms with Gasteiger partial charge < -0.3 is 20.2 Å². The molecule has 0 aromatic rings. The Bertz CT molecular complexity index is 572. The summed E-state index contributed by atoms with van der Waals surface area (Å²) in [5.74, 6) is 2.02. The van der Waals surface area contributed by atoms with Gasteiger partial charge in [0.05, 0.1) is 12.9 Å². The Kier molecular flexibility index (Phi) is 13.1. The number of nitrogens with zero attached hydrogens (tertiary/aromatic N) is 1. The molecule has 0 aromatic heterocycles. The maximum Gasteiger partial charge on any atom is 0.407 e. The molecule has 2 aliphatic rings. The first-order valence-corrected chi connectivity index (χ1v) is 12.6. The summed E-state index contributed by atoms with van der Waals surface area (Å²) < 4.78 is 5.17. The number of aliphatic imine (C=N–C) groups is 1. The molecule has 184 valence electrons. The first-order chi connectivity index (χ1) is 15.6. The van der Waals surface area contributed by atoms with Gasteiger partial charge in [-0.2, -0.15) is 5.48 Å². The summed E-state index contributed by atoms with van der Waals surface area (Å²) in [7, 11) is 0. The molecular formula is C24H44N4O4. The van der Waals surface area contributed by atoms with Gasteiger partial charge in [0.15, 0.2) is 0 Å². The predicted molar refractivity (Wildman–Crippen MR) is 126 cm³/mol. The molecule has 0 aromatic carbocycles. The second kappa shape index (κ2) is 15.9. The minimum Gasteiger partial charge on any atom is -0.450 e. The molecule has 1 amide bonds. The molecule has 8 heteroatoms. The largest absolute Gasteiger partial charge is 0.450 e. The normalized spacial score (nSPS) is 25.9. The van der Waals surface area contributed by atoms with Crippen molar-refractivity contribution in [1.82, 2.24) is 16.1 Å². The van der Waals surface area contributed by atoms with Gasteiger partial charge in [0, 0.05) is 33.1 Å². The van der Waals surface area contributed by atoms with Crippen molar-refractivity contribution in [2.24, 2.45) is 28.7 Å². The second-order valence-electron chi connectivity index (χ2n) is 9.51. The van der Waals surface area contributed by atoms with Crippen LogP contribution in [0.2, 0.25) is 0 Å². The number of alkyl carbamates (subject to hydrolysis) is 1. The van der Waals surface area contributed by atoms with Crippen LogP contribution in [0.15, 0.2) is 4.99 Å². The first kappa shape index (κ1) is 26.4. The van der Waals surface area contributed by atoms with Gasteiger partial charge in [0.1, 0.15) is 0 Å². The topological polar surface area (TPSA) is 101 Å². The third-order valence-corrected chi connectivity index (χ3v) is 6.59. The molecule has 2 rings (SSSR count). The number of ether oxygens (including phenoxy) is 1. The van der Waals surface area contributed by atoms with Gasteiger partial charge in [0.25, 0.3) is 0 Å². The van der Waals surface area contributed by atoms with Crippen molar-refractivity contribution in [2.45, 2.75) is 78.1 Å². The Morgan fingerprint density at radius 1 is 0.969 bits per heavy atom. The van der Waals surface area contributed by atoms with Crippen molar-refractivity contribution in [1.29, 1.82) is 0 Å². The summed E-state index contributed by atoms with van der Waals surface area (Å²) >= 11 is 0. The zero-order valence-corrected chi connectivity index (χ0v) is 20.1. The molecular weight excluding hydrogens is 408 g/mol. The van der Waals surface area contributed by atoms with E-state index in [1.807, 2.05) is 6.34 Å². The number of nitrogens with one attached hydrogen (secondary N) is 3. The van der Waals surface area contributed by atoms with Crippen molar-refractivity contribution in [3.63, 3.8) is 0 Å². The van der Waals surface area contributed by atoms with Crippen LogP contribution in [0.4, 0.5) is 4.79 Å². The number of carbonyl (C=O) groups excluding carboxylic acids is 2. The molecule has 4 atom stereocenters. The van der Waals surface area contributed by atoms with Crippen molar-refractivity contribution in [3.05, 3.63) is 0 Å². The smallest absolute Gasteiger partial charge is 0.407 e. The quantitative estimate of drug-likeness (QED) is 0.170. The highest BCUT2D eigenvalue weighted by Gasteiger charge is 2.23. The summed E-state index contributed by atoms with van der Waals surface area (Å²) in [5, 5.41) is 6.33. The monoisotopic (exact) mass is 452 g/mol. The van der Waals surface area contributed by atoms with Crippen LogP contribution in [-0.4, -0.2) is 51.2 Å². The van der Waals surface area contributed by atoms with Crippen LogP contribution < -0.4 is 16.1 Å². The number of hydroxylamine groups is 1. The van der Waals surface area contributed by atoms with Crippen LogP contribution in [0.5, 0.6) is 0 Å². The van der Waals surface area contributed by atoms with Crippen molar-refractivity contribution >= 4 is 18.4 Å². The second-order valence-corrected chi connectivity index (χ2v) is 9.51. The molecule has 0 heterocycles. The number of unbranched alkanes of at least 4 members (excludes halogenated alkanes) is 1. The summed E-state index contributed by atoms with van der Waals surface area (Å²) in [4.78, 5) is 32.1. The zero-order chi connectivity index (χ0) is 23.0. The van der Waals surface area contributed by atoms with E-state index in [1.165, 1.54) is 45.4 Å². The van der Waals surface area contributed by atoms with Crippen LogP contribution in [0.25, 0.3) is 0 Å². The highest BCUT2D eigenvalue weighted by molar-refractivity contribution is 5.67. The van der Waals surface area contributed by atoms with E-state index in [2.05, 4.69) is 28.0 Å². The Morgan fingerprint density at radius 2 is 1.62 bits per heavy atom. The SMILES string of the molecule is CCCCOC(=O)NCC1CCCC(CN/C=N/CC2CCCC(CNOC(C)=O)C2)C1. The molecule has 0 spiro atoms.